The first-order valence-electron chi connectivity index (χ1n) is 12.2. The van der Waals surface area contributed by atoms with Crippen molar-refractivity contribution in [2.45, 2.75) is 12.0 Å². The van der Waals surface area contributed by atoms with Crippen molar-refractivity contribution in [2.24, 2.45) is 11.8 Å². The molecule has 4 atom stereocenters. The number of methoxy groups -OCH3 is 2. The van der Waals surface area contributed by atoms with Crippen LogP contribution in [-0.4, -0.2) is 44.8 Å². The highest BCUT2D eigenvalue weighted by Gasteiger charge is 2.54. The molecule has 0 unspecified atom stereocenters. The zero-order chi connectivity index (χ0) is 27.3. The summed E-state index contributed by atoms with van der Waals surface area (Å²) in [4.78, 5) is 26.1. The molecule has 3 aliphatic rings. The van der Waals surface area contributed by atoms with Crippen LogP contribution >= 0.6 is 0 Å². The van der Waals surface area contributed by atoms with Crippen molar-refractivity contribution in [1.82, 2.24) is 0 Å². The van der Waals surface area contributed by atoms with Gasteiger partial charge in [0.25, 0.3) is 0 Å². The lowest BCUT2D eigenvalue weighted by atomic mass is 9.66. The van der Waals surface area contributed by atoms with E-state index in [9.17, 15) is 19.1 Å². The van der Waals surface area contributed by atoms with E-state index in [0.29, 0.717) is 28.3 Å². The molecule has 6 rings (SSSR count). The Morgan fingerprint density at radius 3 is 2.26 bits per heavy atom. The fourth-order valence-electron chi connectivity index (χ4n) is 5.57. The number of aromatic hydroxyl groups is 1. The topological polar surface area (TPSA) is 122 Å². The number of esters is 1. The summed E-state index contributed by atoms with van der Waals surface area (Å²) in [6.07, 6.45) is -1.83. The molecule has 2 aliphatic heterocycles. The van der Waals surface area contributed by atoms with Crippen LogP contribution in [0.1, 0.15) is 28.7 Å². The van der Waals surface area contributed by atoms with Crippen LogP contribution < -0.4 is 24.3 Å². The van der Waals surface area contributed by atoms with Gasteiger partial charge in [0, 0.05) is 23.1 Å². The van der Waals surface area contributed by atoms with Gasteiger partial charge in [-0.25, -0.2) is 9.18 Å². The third kappa shape index (κ3) is 4.19. The van der Waals surface area contributed by atoms with Crippen LogP contribution in [0.2, 0.25) is 0 Å². The van der Waals surface area contributed by atoms with Crippen LogP contribution in [0.5, 0.6) is 28.7 Å². The number of benzene rings is 3. The number of amides is 1. The molecule has 0 spiro atoms. The van der Waals surface area contributed by atoms with E-state index in [4.69, 9.17) is 28.4 Å². The smallest absolute Gasteiger partial charge is 0.412 e. The molecule has 3 aromatic rings. The minimum atomic E-state index is -1.01. The molecular formula is C28H24FNO9. The van der Waals surface area contributed by atoms with Crippen molar-refractivity contribution in [3.05, 3.63) is 71.0 Å². The Hall–Kier alpha value is -4.67. The maximum Gasteiger partial charge on any atom is 0.412 e. The summed E-state index contributed by atoms with van der Waals surface area (Å²) < 4.78 is 46.6. The van der Waals surface area contributed by atoms with E-state index < -0.39 is 41.7 Å². The van der Waals surface area contributed by atoms with E-state index >= 15 is 0 Å². The first kappa shape index (κ1) is 24.7. The molecule has 1 aliphatic carbocycles. The van der Waals surface area contributed by atoms with Crippen LogP contribution in [0.4, 0.5) is 14.9 Å². The first-order chi connectivity index (χ1) is 18.9. The molecule has 3 aromatic carbocycles. The number of phenolic OH excluding ortho intramolecular Hbond substituents is 1. The second-order valence-electron chi connectivity index (χ2n) is 9.36. The standard InChI is InChI=1S/C28H24FNO9/c1-34-21-7-13(8-22(35-2)25(21)31)23-16-9-19-20(38-12-37-19)10-17(16)26(24-18(23)11-36-27(24)32)39-28(33)30-15-5-3-14(29)4-6-15/h3-10,18,23-24,26,31H,11-12H2,1-2H3,(H,30,33)/t18-,23+,24+,26-/m0/s1. The van der Waals surface area contributed by atoms with Crippen molar-refractivity contribution >= 4 is 17.7 Å². The molecule has 10 nitrogen and oxygen atoms in total. The van der Waals surface area contributed by atoms with Gasteiger partial charge in [-0.1, -0.05) is 0 Å². The zero-order valence-corrected chi connectivity index (χ0v) is 20.9. The number of hydrogen-bond acceptors (Lipinski definition) is 9. The predicted molar refractivity (Wildman–Crippen MR) is 133 cm³/mol. The monoisotopic (exact) mass is 537 g/mol. The summed E-state index contributed by atoms with van der Waals surface area (Å²) in [7, 11) is 2.86. The lowest BCUT2D eigenvalue weighted by Crippen LogP contribution is -2.37. The number of carbonyl (C=O) groups is 2. The van der Waals surface area contributed by atoms with E-state index in [2.05, 4.69) is 5.32 Å². The Morgan fingerprint density at radius 1 is 0.974 bits per heavy atom. The number of hydrogen-bond donors (Lipinski definition) is 2. The number of nitrogens with one attached hydrogen (secondary N) is 1. The molecule has 0 saturated carbocycles. The number of phenols is 1. The van der Waals surface area contributed by atoms with Crippen LogP contribution in [0.15, 0.2) is 48.5 Å². The van der Waals surface area contributed by atoms with Gasteiger partial charge >= 0.3 is 12.1 Å². The van der Waals surface area contributed by atoms with Gasteiger partial charge in [0.1, 0.15) is 17.8 Å². The predicted octanol–water partition coefficient (Wildman–Crippen LogP) is 4.50. The minimum absolute atomic E-state index is 0.0230. The zero-order valence-electron chi connectivity index (χ0n) is 20.9. The molecule has 0 radical (unpaired) electrons. The van der Waals surface area contributed by atoms with E-state index in [1.165, 1.54) is 38.5 Å². The van der Waals surface area contributed by atoms with Crippen molar-refractivity contribution < 1.29 is 47.5 Å². The van der Waals surface area contributed by atoms with E-state index in [-0.39, 0.29) is 30.6 Å². The van der Waals surface area contributed by atoms with Crippen molar-refractivity contribution in [3.8, 4) is 28.7 Å². The highest BCUT2D eigenvalue weighted by atomic mass is 19.1. The molecule has 0 bridgehead atoms. The van der Waals surface area contributed by atoms with E-state index in [1.807, 2.05) is 0 Å². The molecule has 11 heteroatoms. The van der Waals surface area contributed by atoms with Gasteiger partial charge in [0.2, 0.25) is 12.5 Å². The number of rotatable bonds is 5. The number of ether oxygens (including phenoxy) is 6. The summed E-state index contributed by atoms with van der Waals surface area (Å²) in [6.45, 7) is 0.0994. The quantitative estimate of drug-likeness (QED) is 0.453. The molecule has 2 heterocycles. The summed E-state index contributed by atoms with van der Waals surface area (Å²) in [6, 6.07) is 12.1. The molecule has 39 heavy (non-hydrogen) atoms. The van der Waals surface area contributed by atoms with E-state index in [0.717, 1.165) is 5.56 Å². The van der Waals surface area contributed by atoms with Crippen LogP contribution in [-0.2, 0) is 14.3 Å². The van der Waals surface area contributed by atoms with Crippen LogP contribution in [0, 0.1) is 17.7 Å². The maximum atomic E-state index is 13.3. The molecule has 2 N–H and O–H groups in total. The third-order valence-corrected chi connectivity index (χ3v) is 7.31. The number of halogens is 1. The minimum Gasteiger partial charge on any atom is -0.502 e. The lowest BCUT2D eigenvalue weighted by molar-refractivity contribution is -0.144. The van der Waals surface area contributed by atoms with Gasteiger partial charge < -0.3 is 33.5 Å². The Balaban J connectivity index is 1.45. The Morgan fingerprint density at radius 2 is 1.62 bits per heavy atom. The average molecular weight is 537 g/mol. The Bertz CT molecular complexity index is 1430. The molecule has 202 valence electrons. The first-order valence-corrected chi connectivity index (χ1v) is 12.2. The largest absolute Gasteiger partial charge is 0.502 e. The Kier molecular flexibility index (Phi) is 6.05. The van der Waals surface area contributed by atoms with E-state index in [1.54, 1.807) is 24.3 Å². The van der Waals surface area contributed by atoms with Gasteiger partial charge in [0.15, 0.2) is 23.0 Å². The summed E-state index contributed by atoms with van der Waals surface area (Å²) in [5.74, 6) is -1.47. The highest BCUT2D eigenvalue weighted by molar-refractivity contribution is 5.86. The fraction of sp³-hybridized carbons (Fsp3) is 0.286. The molecule has 0 aromatic heterocycles. The second-order valence-corrected chi connectivity index (χ2v) is 9.36. The highest BCUT2D eigenvalue weighted by Crippen LogP contribution is 2.56. The number of carbonyl (C=O) groups excluding carboxylic acids is 2. The number of cyclic esters (lactones) is 1. The van der Waals surface area contributed by atoms with Crippen LogP contribution in [0.25, 0.3) is 0 Å². The van der Waals surface area contributed by atoms with Crippen LogP contribution in [0.3, 0.4) is 0 Å². The lowest BCUT2D eigenvalue weighted by Gasteiger charge is -2.38. The van der Waals surface area contributed by atoms with Crippen molar-refractivity contribution in [2.75, 3.05) is 32.9 Å². The summed E-state index contributed by atoms with van der Waals surface area (Å²) >= 11 is 0. The molecular weight excluding hydrogens is 513 g/mol. The van der Waals surface area contributed by atoms with Crippen molar-refractivity contribution in [3.63, 3.8) is 0 Å². The van der Waals surface area contributed by atoms with Gasteiger partial charge in [-0.2, -0.15) is 0 Å². The summed E-state index contributed by atoms with van der Waals surface area (Å²) in [5, 5.41) is 13.1. The van der Waals surface area contributed by atoms with Gasteiger partial charge in [0.05, 0.1) is 20.8 Å². The molecule has 1 saturated heterocycles. The third-order valence-electron chi connectivity index (χ3n) is 7.31. The molecule has 1 fully saturated rings. The van der Waals surface area contributed by atoms with Gasteiger partial charge in [-0.05, 0) is 59.7 Å². The number of anilines is 1. The summed E-state index contributed by atoms with van der Waals surface area (Å²) in [5.41, 5.74) is 2.30. The van der Waals surface area contributed by atoms with Gasteiger partial charge in [-0.15, -0.1) is 0 Å². The normalized spacial score (nSPS) is 22.4. The Labute approximate surface area is 222 Å². The second kappa shape index (κ2) is 9.57. The SMILES string of the molecule is COc1cc([C@@H]2c3cc4c(cc3[C@H](OC(=O)Nc3ccc(F)cc3)[C@@H]3C(=O)OC[C@@H]23)OCO4)cc(OC)c1O. The maximum absolute atomic E-state index is 13.3. The van der Waals surface area contributed by atoms with Crippen molar-refractivity contribution in [1.29, 1.82) is 0 Å². The molecule has 1 amide bonds. The number of fused-ring (bicyclic) bond motifs is 3. The van der Waals surface area contributed by atoms with Gasteiger partial charge in [-0.3, -0.25) is 10.1 Å². The average Bonchev–Trinajstić information content (AvgIpc) is 3.55. The fourth-order valence-corrected chi connectivity index (χ4v) is 5.57.